The van der Waals surface area contributed by atoms with E-state index >= 15 is 0 Å². The maximum atomic E-state index is 4.04. The monoisotopic (exact) mass is 225 g/mol. The van der Waals surface area contributed by atoms with Crippen molar-refractivity contribution in [2.75, 3.05) is 0 Å². The first kappa shape index (κ1) is 11.2. The van der Waals surface area contributed by atoms with Crippen LogP contribution in [0.25, 0.3) is 0 Å². The molecule has 1 heteroatoms. The van der Waals surface area contributed by atoms with Crippen molar-refractivity contribution in [1.29, 1.82) is 0 Å². The molecule has 0 N–H and O–H groups in total. The molecule has 0 nitrogen and oxygen atoms in total. The zero-order chi connectivity index (χ0) is 11.2. The molecule has 0 spiro atoms. The first-order valence-electron chi connectivity index (χ1n) is 5.81. The van der Waals surface area contributed by atoms with E-state index in [0.717, 1.165) is 6.04 Å². The molecule has 1 radical (unpaired) electrons. The number of benzene rings is 2. The molecular formula is C15H17Si. The highest BCUT2D eigenvalue weighted by Crippen LogP contribution is 2.23. The molecule has 0 aromatic heterocycles. The summed E-state index contributed by atoms with van der Waals surface area (Å²) in [5, 5.41) is 0. The van der Waals surface area contributed by atoms with E-state index in [0.29, 0.717) is 5.54 Å². The van der Waals surface area contributed by atoms with Gasteiger partial charge in [-0.3, -0.25) is 0 Å². The van der Waals surface area contributed by atoms with Crippen LogP contribution in [0.3, 0.4) is 0 Å². The maximum absolute atomic E-state index is 4.04. The van der Waals surface area contributed by atoms with Gasteiger partial charge in [-0.2, -0.15) is 0 Å². The summed E-state index contributed by atoms with van der Waals surface area (Å²) in [6, 6.07) is 22.7. The molecule has 0 amide bonds. The fourth-order valence-electron chi connectivity index (χ4n) is 2.10. The molecule has 0 bridgehead atoms. The highest BCUT2D eigenvalue weighted by molar-refractivity contribution is 6.39. The average molecular weight is 225 g/mol. The van der Waals surface area contributed by atoms with Crippen LogP contribution in [0.5, 0.6) is 0 Å². The van der Waals surface area contributed by atoms with Gasteiger partial charge in [-0.1, -0.05) is 73.6 Å². The number of rotatable bonds is 4. The van der Waals surface area contributed by atoms with Crippen molar-refractivity contribution < 1.29 is 0 Å². The van der Waals surface area contributed by atoms with Crippen LogP contribution < -0.4 is 0 Å². The predicted octanol–water partition coefficient (Wildman–Crippen LogP) is 3.20. The van der Waals surface area contributed by atoms with E-state index in [1.165, 1.54) is 11.1 Å². The van der Waals surface area contributed by atoms with Gasteiger partial charge in [0.1, 0.15) is 0 Å². The van der Waals surface area contributed by atoms with Crippen molar-refractivity contribution in [2.45, 2.75) is 11.6 Å². The molecule has 0 heterocycles. The normalized spacial score (nSPS) is 11.4. The molecule has 16 heavy (non-hydrogen) atoms. The van der Waals surface area contributed by atoms with E-state index in [2.05, 4.69) is 67.6 Å². The van der Waals surface area contributed by atoms with Crippen LogP contribution in [0.15, 0.2) is 60.7 Å². The summed E-state index contributed by atoms with van der Waals surface area (Å²) in [6.45, 7) is 4.04. The Hall–Kier alpha value is -1.34. The van der Waals surface area contributed by atoms with Crippen molar-refractivity contribution in [3.63, 3.8) is 0 Å². The molecule has 2 aromatic carbocycles. The molecule has 0 fully saturated rings. The summed E-state index contributed by atoms with van der Waals surface area (Å²) >= 11 is 0. The third kappa shape index (κ3) is 2.61. The first-order valence-corrected chi connectivity index (χ1v) is 7.62. The van der Waals surface area contributed by atoms with Crippen LogP contribution in [0.2, 0.25) is 6.04 Å². The van der Waals surface area contributed by atoms with Crippen molar-refractivity contribution in [1.82, 2.24) is 0 Å². The van der Waals surface area contributed by atoms with E-state index in [-0.39, 0.29) is 9.52 Å². The molecular weight excluding hydrogens is 208 g/mol. The van der Waals surface area contributed by atoms with Crippen LogP contribution >= 0.6 is 0 Å². The molecule has 0 unspecified atom stereocenters. The van der Waals surface area contributed by atoms with Gasteiger partial charge in [0.2, 0.25) is 0 Å². The van der Waals surface area contributed by atoms with Crippen molar-refractivity contribution in [2.24, 2.45) is 0 Å². The minimum Gasteiger partial charge on any atom is -0.0622 e. The fourth-order valence-corrected chi connectivity index (χ4v) is 3.72. The molecule has 0 aliphatic carbocycles. The Morgan fingerprint density at radius 1 is 0.812 bits per heavy atom. The summed E-state index contributed by atoms with van der Waals surface area (Å²) in [6.07, 6.45) is 0. The number of hydrogen-bond acceptors (Lipinski definition) is 0. The van der Waals surface area contributed by atoms with Gasteiger partial charge in [-0.15, -0.1) is 0 Å². The second-order valence-corrected chi connectivity index (χ2v) is 6.12. The third-order valence-electron chi connectivity index (χ3n) is 2.90. The topological polar surface area (TPSA) is 0 Å². The molecule has 2 aromatic rings. The Kier molecular flexibility index (Phi) is 3.95. The quantitative estimate of drug-likeness (QED) is 0.701. The second-order valence-electron chi connectivity index (χ2n) is 4.02. The Bertz CT molecular complexity index is 368. The first-order chi connectivity index (χ1) is 7.92. The second kappa shape index (κ2) is 5.66. The summed E-state index contributed by atoms with van der Waals surface area (Å²) in [7, 11) is -0.172. The largest absolute Gasteiger partial charge is 0.0622 e. The van der Waals surface area contributed by atoms with Crippen LogP contribution in [-0.4, -0.2) is 9.52 Å². The standard InChI is InChI=1S/C15H17Si/c1-2-16-15(13-9-5-3-6-10-13)14-11-7-4-8-12-14/h3-12,15H,1-2,16H2. The zero-order valence-electron chi connectivity index (χ0n) is 9.47. The average Bonchev–Trinajstić information content (AvgIpc) is 2.38. The lowest BCUT2D eigenvalue weighted by Gasteiger charge is -2.16. The number of hydrogen-bond donors (Lipinski definition) is 0. The third-order valence-corrected chi connectivity index (χ3v) is 4.83. The molecule has 81 valence electrons. The highest BCUT2D eigenvalue weighted by atomic mass is 28.2. The van der Waals surface area contributed by atoms with Gasteiger partial charge in [0, 0.05) is 9.52 Å². The molecule has 0 aliphatic heterocycles. The minimum atomic E-state index is -0.172. The lowest BCUT2D eigenvalue weighted by atomic mass is 10.0. The predicted molar refractivity (Wildman–Crippen MR) is 73.4 cm³/mol. The summed E-state index contributed by atoms with van der Waals surface area (Å²) in [5.74, 6) is 0. The van der Waals surface area contributed by atoms with E-state index in [9.17, 15) is 0 Å². The van der Waals surface area contributed by atoms with Crippen molar-refractivity contribution in [3.8, 4) is 0 Å². The van der Waals surface area contributed by atoms with Crippen LogP contribution in [0.1, 0.15) is 16.7 Å². The SMILES string of the molecule is [CH2]C[SiH2]C(c1ccccc1)c1ccccc1. The van der Waals surface area contributed by atoms with Crippen molar-refractivity contribution in [3.05, 3.63) is 78.7 Å². The minimum absolute atomic E-state index is 0.172. The Morgan fingerprint density at radius 3 is 1.62 bits per heavy atom. The van der Waals surface area contributed by atoms with Gasteiger partial charge < -0.3 is 0 Å². The van der Waals surface area contributed by atoms with Gasteiger partial charge in [0.05, 0.1) is 0 Å². The van der Waals surface area contributed by atoms with E-state index in [1.807, 2.05) is 0 Å². The maximum Gasteiger partial charge on any atom is 0.0342 e. The van der Waals surface area contributed by atoms with Gasteiger partial charge in [-0.25, -0.2) is 0 Å². The molecule has 0 saturated carbocycles. The van der Waals surface area contributed by atoms with Crippen LogP contribution in [0, 0.1) is 6.92 Å². The van der Waals surface area contributed by atoms with Crippen LogP contribution in [-0.2, 0) is 0 Å². The Morgan fingerprint density at radius 2 is 1.25 bits per heavy atom. The van der Waals surface area contributed by atoms with Crippen LogP contribution in [0.4, 0.5) is 0 Å². The van der Waals surface area contributed by atoms with E-state index in [1.54, 1.807) is 0 Å². The zero-order valence-corrected chi connectivity index (χ0v) is 10.9. The molecule has 0 saturated heterocycles. The summed E-state index contributed by atoms with van der Waals surface area (Å²) in [5.41, 5.74) is 3.52. The van der Waals surface area contributed by atoms with Gasteiger partial charge in [0.15, 0.2) is 0 Å². The highest BCUT2D eigenvalue weighted by Gasteiger charge is 2.12. The Labute approximate surface area is 100 Å². The van der Waals surface area contributed by atoms with Gasteiger partial charge >= 0.3 is 0 Å². The molecule has 2 rings (SSSR count). The molecule has 0 atom stereocenters. The fraction of sp³-hybridized carbons (Fsp3) is 0.133. The molecule has 0 aliphatic rings. The summed E-state index contributed by atoms with van der Waals surface area (Å²) < 4.78 is 0. The Balaban J connectivity index is 2.31. The lowest BCUT2D eigenvalue weighted by Crippen LogP contribution is -2.08. The van der Waals surface area contributed by atoms with E-state index < -0.39 is 0 Å². The van der Waals surface area contributed by atoms with E-state index in [4.69, 9.17) is 0 Å². The summed E-state index contributed by atoms with van der Waals surface area (Å²) in [4.78, 5) is 0. The smallest absolute Gasteiger partial charge is 0.0342 e. The van der Waals surface area contributed by atoms with Gasteiger partial charge in [-0.05, 0) is 16.7 Å². The van der Waals surface area contributed by atoms with Crippen molar-refractivity contribution >= 4 is 9.52 Å². The van der Waals surface area contributed by atoms with Gasteiger partial charge in [0.25, 0.3) is 0 Å². The lowest BCUT2D eigenvalue weighted by molar-refractivity contribution is 1.12.